The molecule has 0 aromatic heterocycles. The van der Waals surface area contributed by atoms with E-state index >= 15 is 0 Å². The number of hydrogen-bond acceptors (Lipinski definition) is 2. The van der Waals surface area contributed by atoms with Gasteiger partial charge in [-0.15, -0.1) is 0 Å². The maximum Gasteiger partial charge on any atom is 0.185 e. The summed E-state index contributed by atoms with van der Waals surface area (Å²) in [7, 11) is 0. The Morgan fingerprint density at radius 2 is 0.767 bits per heavy atom. The molecule has 0 atom stereocenters. The minimum absolute atomic E-state index is 0.167. The van der Waals surface area contributed by atoms with Crippen LogP contribution in [0.5, 0.6) is 0 Å². The van der Waals surface area contributed by atoms with Gasteiger partial charge in [0.25, 0.3) is 0 Å². The van der Waals surface area contributed by atoms with Crippen molar-refractivity contribution in [3.63, 3.8) is 0 Å². The minimum Gasteiger partial charge on any atom is -0.289 e. The number of carbonyl (C=O) groups is 2. The fourth-order valence-electron chi connectivity index (χ4n) is 4.76. The number of rotatable bonds is 18. The standard InChI is InChI=1S/C28H48O2/c1-5-9-10-11-12-13-14-15-16-17-18-19-20-22-26-24(8-4)27(29)25(21-6-2)23(7-3)28(26)30/h5-22H2,1-4H3. The van der Waals surface area contributed by atoms with E-state index in [0.29, 0.717) is 12.8 Å². The van der Waals surface area contributed by atoms with Crippen molar-refractivity contribution in [3.05, 3.63) is 22.3 Å². The molecule has 0 amide bonds. The Bertz CT molecular complexity index is 579. The smallest absolute Gasteiger partial charge is 0.185 e. The largest absolute Gasteiger partial charge is 0.289 e. The van der Waals surface area contributed by atoms with Crippen molar-refractivity contribution in [2.75, 3.05) is 0 Å². The van der Waals surface area contributed by atoms with Gasteiger partial charge in [0.1, 0.15) is 0 Å². The van der Waals surface area contributed by atoms with E-state index in [1.807, 2.05) is 13.8 Å². The molecule has 0 fully saturated rings. The zero-order valence-electron chi connectivity index (χ0n) is 20.5. The van der Waals surface area contributed by atoms with E-state index in [4.69, 9.17) is 0 Å². The van der Waals surface area contributed by atoms with E-state index in [-0.39, 0.29) is 11.6 Å². The number of Topliss-reactive ketones (excluding diaryl/α,β-unsaturated/α-hetero) is 2. The molecule has 1 aliphatic rings. The fourth-order valence-corrected chi connectivity index (χ4v) is 4.76. The predicted molar refractivity (Wildman–Crippen MR) is 130 cm³/mol. The third kappa shape index (κ3) is 8.90. The molecular weight excluding hydrogens is 368 g/mol. The van der Waals surface area contributed by atoms with Crippen LogP contribution in [-0.4, -0.2) is 11.6 Å². The summed E-state index contributed by atoms with van der Waals surface area (Å²) in [6, 6.07) is 0. The summed E-state index contributed by atoms with van der Waals surface area (Å²) < 4.78 is 0. The van der Waals surface area contributed by atoms with Crippen molar-refractivity contribution in [2.24, 2.45) is 0 Å². The lowest BCUT2D eigenvalue weighted by molar-refractivity contribution is -0.117. The van der Waals surface area contributed by atoms with Crippen LogP contribution in [0.4, 0.5) is 0 Å². The fraction of sp³-hybridized carbons (Fsp3) is 0.786. The second kappa shape index (κ2) is 16.5. The maximum atomic E-state index is 13.0. The normalized spacial score (nSPS) is 14.9. The Labute approximate surface area is 187 Å². The second-order valence-corrected chi connectivity index (χ2v) is 9.02. The molecule has 1 aliphatic carbocycles. The highest BCUT2D eigenvalue weighted by Gasteiger charge is 2.31. The van der Waals surface area contributed by atoms with Gasteiger partial charge in [-0.05, 0) is 32.1 Å². The van der Waals surface area contributed by atoms with Gasteiger partial charge < -0.3 is 0 Å². The summed E-state index contributed by atoms with van der Waals surface area (Å²) >= 11 is 0. The van der Waals surface area contributed by atoms with Gasteiger partial charge in [0, 0.05) is 22.3 Å². The van der Waals surface area contributed by atoms with Crippen LogP contribution in [0.25, 0.3) is 0 Å². The van der Waals surface area contributed by atoms with Crippen LogP contribution in [0.3, 0.4) is 0 Å². The number of hydrogen-bond donors (Lipinski definition) is 0. The zero-order chi connectivity index (χ0) is 22.2. The molecule has 0 saturated carbocycles. The molecule has 172 valence electrons. The molecule has 0 aliphatic heterocycles. The van der Waals surface area contributed by atoms with Crippen LogP contribution < -0.4 is 0 Å². The van der Waals surface area contributed by atoms with Gasteiger partial charge in [0.15, 0.2) is 11.6 Å². The first kappa shape index (κ1) is 26.9. The Morgan fingerprint density at radius 1 is 0.400 bits per heavy atom. The number of carbonyl (C=O) groups excluding carboxylic acids is 2. The first-order valence-electron chi connectivity index (χ1n) is 13.2. The summed E-state index contributed by atoms with van der Waals surface area (Å²) in [6.07, 6.45) is 21.1. The van der Waals surface area contributed by atoms with Crippen LogP contribution in [0, 0.1) is 0 Å². The monoisotopic (exact) mass is 416 g/mol. The van der Waals surface area contributed by atoms with Gasteiger partial charge in [-0.2, -0.15) is 0 Å². The summed E-state index contributed by atoms with van der Waals surface area (Å²) in [4.78, 5) is 26.0. The van der Waals surface area contributed by atoms with Crippen molar-refractivity contribution >= 4 is 11.6 Å². The Kier molecular flexibility index (Phi) is 14.8. The van der Waals surface area contributed by atoms with Crippen LogP contribution in [0.15, 0.2) is 22.3 Å². The van der Waals surface area contributed by atoms with Crippen LogP contribution >= 0.6 is 0 Å². The minimum atomic E-state index is 0.167. The van der Waals surface area contributed by atoms with E-state index < -0.39 is 0 Å². The highest BCUT2D eigenvalue weighted by Crippen LogP contribution is 2.33. The van der Waals surface area contributed by atoms with Crippen LogP contribution in [-0.2, 0) is 9.59 Å². The van der Waals surface area contributed by atoms with E-state index in [9.17, 15) is 9.59 Å². The molecule has 0 aromatic rings. The average molecular weight is 417 g/mol. The summed E-state index contributed by atoms with van der Waals surface area (Å²) in [5, 5.41) is 0. The van der Waals surface area contributed by atoms with Crippen molar-refractivity contribution in [1.29, 1.82) is 0 Å². The van der Waals surface area contributed by atoms with Gasteiger partial charge >= 0.3 is 0 Å². The van der Waals surface area contributed by atoms with Gasteiger partial charge in [-0.1, -0.05) is 111 Å². The average Bonchev–Trinajstić information content (AvgIpc) is 2.75. The highest BCUT2D eigenvalue weighted by atomic mass is 16.1. The SMILES string of the molecule is CCCCCCCCCCCCCCCC1=C(CC)C(=O)C(CCC)=C(CC)C1=O. The first-order chi connectivity index (χ1) is 14.6. The van der Waals surface area contributed by atoms with Gasteiger partial charge in [-0.25, -0.2) is 0 Å². The molecule has 0 spiro atoms. The molecule has 0 radical (unpaired) electrons. The molecule has 1 rings (SSSR count). The van der Waals surface area contributed by atoms with Gasteiger partial charge in [-0.3, -0.25) is 9.59 Å². The van der Waals surface area contributed by atoms with E-state index in [1.54, 1.807) is 0 Å². The maximum absolute atomic E-state index is 13.0. The molecular formula is C28H48O2. The lowest BCUT2D eigenvalue weighted by Crippen LogP contribution is -2.24. The number of allylic oxidation sites excluding steroid dienone is 4. The molecule has 0 N–H and O–H groups in total. The van der Waals surface area contributed by atoms with E-state index in [0.717, 1.165) is 48.0 Å². The van der Waals surface area contributed by atoms with Crippen molar-refractivity contribution < 1.29 is 9.59 Å². The van der Waals surface area contributed by atoms with E-state index in [2.05, 4.69) is 13.8 Å². The molecule has 2 nitrogen and oxygen atoms in total. The summed E-state index contributed by atoms with van der Waals surface area (Å²) in [5.74, 6) is 0.344. The Morgan fingerprint density at radius 3 is 1.13 bits per heavy atom. The van der Waals surface area contributed by atoms with Crippen molar-refractivity contribution in [1.82, 2.24) is 0 Å². The lowest BCUT2D eigenvalue weighted by atomic mass is 9.79. The molecule has 30 heavy (non-hydrogen) atoms. The van der Waals surface area contributed by atoms with Crippen molar-refractivity contribution in [3.8, 4) is 0 Å². The number of unbranched alkanes of at least 4 members (excludes halogenated alkanes) is 12. The molecule has 0 unspecified atom stereocenters. The number of ketones is 2. The quantitative estimate of drug-likeness (QED) is 0.165. The third-order valence-corrected chi connectivity index (χ3v) is 6.56. The summed E-state index contributed by atoms with van der Waals surface area (Å²) in [5.41, 5.74) is 3.24. The first-order valence-corrected chi connectivity index (χ1v) is 13.2. The van der Waals surface area contributed by atoms with Crippen LogP contribution in [0.2, 0.25) is 0 Å². The van der Waals surface area contributed by atoms with Crippen molar-refractivity contribution in [2.45, 2.75) is 143 Å². The van der Waals surface area contributed by atoms with E-state index in [1.165, 1.54) is 77.0 Å². The Hall–Kier alpha value is -1.18. The Balaban J connectivity index is 2.29. The predicted octanol–water partition coefficient (Wildman–Crippen LogP) is 8.83. The zero-order valence-corrected chi connectivity index (χ0v) is 20.5. The summed E-state index contributed by atoms with van der Waals surface area (Å²) in [6.45, 7) is 8.38. The molecule has 0 bridgehead atoms. The highest BCUT2D eigenvalue weighted by molar-refractivity contribution is 6.25. The molecule has 2 heteroatoms. The molecule has 0 aromatic carbocycles. The lowest BCUT2D eigenvalue weighted by Gasteiger charge is -2.23. The molecule has 0 saturated heterocycles. The second-order valence-electron chi connectivity index (χ2n) is 9.02. The third-order valence-electron chi connectivity index (χ3n) is 6.56. The van der Waals surface area contributed by atoms with Gasteiger partial charge in [0.05, 0.1) is 0 Å². The van der Waals surface area contributed by atoms with Crippen LogP contribution in [0.1, 0.15) is 143 Å². The molecule has 0 heterocycles. The topological polar surface area (TPSA) is 34.1 Å². The van der Waals surface area contributed by atoms with Gasteiger partial charge in [0.2, 0.25) is 0 Å².